The molecule has 0 saturated heterocycles. The molecule has 0 aliphatic heterocycles. The Balaban J connectivity index is 1.73. The number of likely N-dealkylation sites (N-methyl/N-ethyl adjacent to an activating group) is 1. The van der Waals surface area contributed by atoms with E-state index in [0.29, 0.717) is 5.11 Å². The van der Waals surface area contributed by atoms with Crippen LogP contribution >= 0.6 is 12.2 Å². The summed E-state index contributed by atoms with van der Waals surface area (Å²) in [6.07, 6.45) is 0. The number of anilines is 2. The smallest absolute Gasteiger partial charge is 0.170 e. The lowest BCUT2D eigenvalue weighted by atomic mass is 10.3. The van der Waals surface area contributed by atoms with Crippen molar-refractivity contribution in [3.8, 4) is 0 Å². The van der Waals surface area contributed by atoms with E-state index in [9.17, 15) is 4.39 Å². The Hall–Kier alpha value is -2.14. The van der Waals surface area contributed by atoms with Crippen molar-refractivity contribution >= 4 is 28.7 Å². The Morgan fingerprint density at radius 1 is 1.10 bits per heavy atom. The van der Waals surface area contributed by atoms with Crippen molar-refractivity contribution in [2.24, 2.45) is 0 Å². The number of nitrogens with zero attached hydrogens (tertiary/aromatic N) is 1. The van der Waals surface area contributed by atoms with Crippen LogP contribution in [-0.4, -0.2) is 25.2 Å². The average molecular weight is 303 g/mol. The van der Waals surface area contributed by atoms with Crippen LogP contribution in [-0.2, 0) is 0 Å². The molecule has 2 rings (SSSR count). The maximum Gasteiger partial charge on any atom is 0.170 e. The molecule has 0 heterocycles. The van der Waals surface area contributed by atoms with Gasteiger partial charge in [0.2, 0.25) is 0 Å². The monoisotopic (exact) mass is 303 g/mol. The molecule has 0 aromatic heterocycles. The second kappa shape index (κ2) is 7.59. The fourth-order valence-corrected chi connectivity index (χ4v) is 2.08. The van der Waals surface area contributed by atoms with Crippen LogP contribution in [0.4, 0.5) is 15.8 Å². The zero-order valence-electron chi connectivity index (χ0n) is 11.8. The minimum atomic E-state index is -0.260. The van der Waals surface area contributed by atoms with Gasteiger partial charge < -0.3 is 15.5 Å². The van der Waals surface area contributed by atoms with Gasteiger partial charge in [0.1, 0.15) is 5.82 Å². The molecule has 0 amide bonds. The van der Waals surface area contributed by atoms with E-state index in [-0.39, 0.29) is 5.82 Å². The number of hydrogen-bond donors (Lipinski definition) is 2. The molecule has 0 spiro atoms. The number of halogens is 1. The van der Waals surface area contributed by atoms with Gasteiger partial charge in [-0.05, 0) is 48.6 Å². The van der Waals surface area contributed by atoms with Crippen LogP contribution in [0.1, 0.15) is 0 Å². The summed E-state index contributed by atoms with van der Waals surface area (Å²) in [7, 11) is 2.04. The van der Waals surface area contributed by atoms with Gasteiger partial charge in [-0.1, -0.05) is 18.2 Å². The number of rotatable bonds is 5. The molecule has 2 N–H and O–H groups in total. The van der Waals surface area contributed by atoms with Gasteiger partial charge in [-0.15, -0.1) is 0 Å². The van der Waals surface area contributed by atoms with E-state index in [1.165, 1.54) is 12.1 Å². The second-order valence-corrected chi connectivity index (χ2v) is 5.05. The van der Waals surface area contributed by atoms with Gasteiger partial charge >= 0.3 is 0 Å². The van der Waals surface area contributed by atoms with Crippen LogP contribution in [0.2, 0.25) is 0 Å². The largest absolute Gasteiger partial charge is 0.373 e. The summed E-state index contributed by atoms with van der Waals surface area (Å²) in [6, 6.07) is 16.3. The summed E-state index contributed by atoms with van der Waals surface area (Å²) >= 11 is 5.20. The number of benzene rings is 2. The molecule has 5 heteroatoms. The Morgan fingerprint density at radius 3 is 2.43 bits per heavy atom. The molecule has 0 fully saturated rings. The number of thiocarbonyl (C=S) groups is 1. The van der Waals surface area contributed by atoms with E-state index in [1.54, 1.807) is 12.1 Å². The first kappa shape index (κ1) is 15.3. The van der Waals surface area contributed by atoms with Gasteiger partial charge in [0.25, 0.3) is 0 Å². The standard InChI is InChI=1S/C16H18FN3S/c1-20(15-5-3-2-4-6-15)12-11-18-16(21)19-14-9-7-13(17)8-10-14/h2-10H,11-12H2,1H3,(H2,18,19,21). The third kappa shape index (κ3) is 5.04. The van der Waals surface area contributed by atoms with E-state index in [4.69, 9.17) is 12.2 Å². The fourth-order valence-electron chi connectivity index (χ4n) is 1.86. The molecule has 0 aliphatic carbocycles. The lowest BCUT2D eigenvalue weighted by molar-refractivity contribution is 0.628. The van der Waals surface area contributed by atoms with Gasteiger partial charge in [0.15, 0.2) is 5.11 Å². The highest BCUT2D eigenvalue weighted by Crippen LogP contribution is 2.10. The third-order valence-electron chi connectivity index (χ3n) is 3.03. The quantitative estimate of drug-likeness (QED) is 0.829. The number of hydrogen-bond acceptors (Lipinski definition) is 2. The van der Waals surface area contributed by atoms with Crippen molar-refractivity contribution in [2.75, 3.05) is 30.4 Å². The SMILES string of the molecule is CN(CCNC(=S)Nc1ccc(F)cc1)c1ccccc1. The lowest BCUT2D eigenvalue weighted by Crippen LogP contribution is -2.35. The molecule has 110 valence electrons. The van der Waals surface area contributed by atoms with Crippen molar-refractivity contribution in [3.63, 3.8) is 0 Å². The van der Waals surface area contributed by atoms with Crippen molar-refractivity contribution in [3.05, 3.63) is 60.4 Å². The average Bonchev–Trinajstić information content (AvgIpc) is 2.50. The van der Waals surface area contributed by atoms with Gasteiger partial charge in [0.05, 0.1) is 0 Å². The van der Waals surface area contributed by atoms with Gasteiger partial charge in [-0.25, -0.2) is 4.39 Å². The summed E-state index contributed by atoms with van der Waals surface area (Å²) < 4.78 is 12.8. The van der Waals surface area contributed by atoms with Crippen molar-refractivity contribution in [1.82, 2.24) is 5.32 Å². The molecular formula is C16H18FN3S. The molecule has 0 aliphatic rings. The highest BCUT2D eigenvalue weighted by atomic mass is 32.1. The predicted molar refractivity (Wildman–Crippen MR) is 90.3 cm³/mol. The van der Waals surface area contributed by atoms with E-state index in [0.717, 1.165) is 24.5 Å². The van der Waals surface area contributed by atoms with E-state index in [2.05, 4.69) is 27.7 Å². The van der Waals surface area contributed by atoms with E-state index < -0.39 is 0 Å². The minimum Gasteiger partial charge on any atom is -0.373 e. The first-order valence-electron chi connectivity index (χ1n) is 6.72. The summed E-state index contributed by atoms with van der Waals surface area (Å²) in [5.41, 5.74) is 1.93. The maximum atomic E-state index is 12.8. The normalized spacial score (nSPS) is 10.0. The van der Waals surface area contributed by atoms with Crippen LogP contribution in [0.3, 0.4) is 0 Å². The molecule has 0 atom stereocenters. The second-order valence-electron chi connectivity index (χ2n) is 4.64. The summed E-state index contributed by atoms with van der Waals surface area (Å²) in [5, 5.41) is 6.68. The molecule has 21 heavy (non-hydrogen) atoms. The van der Waals surface area contributed by atoms with Crippen molar-refractivity contribution in [1.29, 1.82) is 0 Å². The summed E-state index contributed by atoms with van der Waals surface area (Å²) in [5.74, 6) is -0.260. The molecule has 0 unspecified atom stereocenters. The van der Waals surface area contributed by atoms with Gasteiger partial charge in [0, 0.05) is 31.5 Å². The van der Waals surface area contributed by atoms with Crippen molar-refractivity contribution in [2.45, 2.75) is 0 Å². The first-order valence-corrected chi connectivity index (χ1v) is 7.12. The maximum absolute atomic E-state index is 12.8. The molecule has 0 bridgehead atoms. The highest BCUT2D eigenvalue weighted by molar-refractivity contribution is 7.80. The Kier molecular flexibility index (Phi) is 5.51. The van der Waals surface area contributed by atoms with Crippen LogP contribution < -0.4 is 15.5 Å². The van der Waals surface area contributed by atoms with Crippen LogP contribution in [0.5, 0.6) is 0 Å². The predicted octanol–water partition coefficient (Wildman–Crippen LogP) is 3.25. The number of nitrogens with one attached hydrogen (secondary N) is 2. The van der Waals surface area contributed by atoms with Gasteiger partial charge in [-0.3, -0.25) is 0 Å². The zero-order chi connectivity index (χ0) is 15.1. The molecule has 0 radical (unpaired) electrons. The molecular weight excluding hydrogens is 285 g/mol. The molecule has 2 aromatic rings. The van der Waals surface area contributed by atoms with Crippen molar-refractivity contribution < 1.29 is 4.39 Å². The molecule has 2 aromatic carbocycles. The number of para-hydroxylation sites is 1. The summed E-state index contributed by atoms with van der Waals surface area (Å²) in [6.45, 7) is 1.55. The molecule has 0 saturated carbocycles. The Morgan fingerprint density at radius 2 is 1.76 bits per heavy atom. The summed E-state index contributed by atoms with van der Waals surface area (Å²) in [4.78, 5) is 2.15. The Labute approximate surface area is 129 Å². The van der Waals surface area contributed by atoms with Crippen LogP contribution in [0.25, 0.3) is 0 Å². The van der Waals surface area contributed by atoms with E-state index in [1.807, 2.05) is 25.2 Å². The topological polar surface area (TPSA) is 27.3 Å². The highest BCUT2D eigenvalue weighted by Gasteiger charge is 2.01. The zero-order valence-corrected chi connectivity index (χ0v) is 12.7. The fraction of sp³-hybridized carbons (Fsp3) is 0.188. The lowest BCUT2D eigenvalue weighted by Gasteiger charge is -2.20. The third-order valence-corrected chi connectivity index (χ3v) is 3.28. The van der Waals surface area contributed by atoms with E-state index >= 15 is 0 Å². The first-order chi connectivity index (χ1) is 10.1. The van der Waals surface area contributed by atoms with Gasteiger partial charge in [-0.2, -0.15) is 0 Å². The Bertz CT molecular complexity index is 572. The molecule has 3 nitrogen and oxygen atoms in total. The van der Waals surface area contributed by atoms with Crippen LogP contribution in [0.15, 0.2) is 54.6 Å². The van der Waals surface area contributed by atoms with Crippen LogP contribution in [0, 0.1) is 5.82 Å². The minimum absolute atomic E-state index is 0.260.